The van der Waals surface area contributed by atoms with Crippen molar-refractivity contribution in [3.05, 3.63) is 60.7 Å². The molecule has 2 aromatic heterocycles. The van der Waals surface area contributed by atoms with Crippen LogP contribution in [0.4, 0.5) is 0 Å². The van der Waals surface area contributed by atoms with Gasteiger partial charge in [0.25, 0.3) is 0 Å². The van der Waals surface area contributed by atoms with Crippen LogP contribution < -0.4 is 4.57 Å². The van der Waals surface area contributed by atoms with Gasteiger partial charge in [-0.1, -0.05) is 84.1 Å². The highest BCUT2D eigenvalue weighted by Crippen LogP contribution is 2.11. The summed E-state index contributed by atoms with van der Waals surface area (Å²) in [5.41, 5.74) is 1.44. The molecule has 0 aromatic carbocycles. The van der Waals surface area contributed by atoms with Crippen LogP contribution >= 0.6 is 0 Å². The standard InChI is InChI=1S/C21H38N.C5H5N/c1-3-5-6-7-8-9-10-11-12-13-14-15-18-22-19-16-21(4-2)17-20-22;1-2-4-6-5-3-1/h16-17,19-20H,3-15,18H2,1-2H3;1-5H/q+1;. The number of hydrogen-bond acceptors (Lipinski definition) is 1. The van der Waals surface area contributed by atoms with Crippen LogP contribution in [0.5, 0.6) is 0 Å². The van der Waals surface area contributed by atoms with Crippen molar-refractivity contribution in [2.24, 2.45) is 0 Å². The molecule has 28 heavy (non-hydrogen) atoms. The van der Waals surface area contributed by atoms with Crippen molar-refractivity contribution >= 4 is 0 Å². The van der Waals surface area contributed by atoms with Crippen LogP contribution in [0.2, 0.25) is 0 Å². The summed E-state index contributed by atoms with van der Waals surface area (Å²) in [6, 6.07) is 10.2. The van der Waals surface area contributed by atoms with E-state index in [4.69, 9.17) is 0 Å². The van der Waals surface area contributed by atoms with Crippen molar-refractivity contribution in [2.75, 3.05) is 0 Å². The van der Waals surface area contributed by atoms with Gasteiger partial charge in [-0.05, 0) is 30.5 Å². The van der Waals surface area contributed by atoms with Gasteiger partial charge in [0.05, 0.1) is 0 Å². The molecule has 2 aromatic rings. The molecule has 0 N–H and O–H groups in total. The third-order valence-electron chi connectivity index (χ3n) is 5.20. The molecule has 0 bridgehead atoms. The second kappa shape index (κ2) is 18.7. The van der Waals surface area contributed by atoms with Gasteiger partial charge in [0.15, 0.2) is 12.4 Å². The van der Waals surface area contributed by atoms with Gasteiger partial charge in [0.1, 0.15) is 6.54 Å². The van der Waals surface area contributed by atoms with Gasteiger partial charge >= 0.3 is 0 Å². The fourth-order valence-corrected chi connectivity index (χ4v) is 3.32. The molecule has 156 valence electrons. The van der Waals surface area contributed by atoms with Crippen molar-refractivity contribution in [3.8, 4) is 0 Å². The number of rotatable bonds is 14. The number of nitrogens with zero attached hydrogens (tertiary/aromatic N) is 2. The molecule has 0 radical (unpaired) electrons. The van der Waals surface area contributed by atoms with Gasteiger partial charge in [-0.15, -0.1) is 0 Å². The first-order valence-electron chi connectivity index (χ1n) is 11.7. The van der Waals surface area contributed by atoms with Gasteiger partial charge < -0.3 is 0 Å². The van der Waals surface area contributed by atoms with Crippen molar-refractivity contribution in [2.45, 2.75) is 104 Å². The Bertz CT molecular complexity index is 509. The van der Waals surface area contributed by atoms with E-state index < -0.39 is 0 Å². The number of aromatic nitrogens is 2. The van der Waals surface area contributed by atoms with E-state index >= 15 is 0 Å². The van der Waals surface area contributed by atoms with Gasteiger partial charge in [-0.25, -0.2) is 4.57 Å². The average molecular weight is 384 g/mol. The molecule has 2 heteroatoms. The Morgan fingerprint density at radius 1 is 0.643 bits per heavy atom. The Morgan fingerprint density at radius 3 is 1.54 bits per heavy atom. The Labute approximate surface area is 174 Å². The van der Waals surface area contributed by atoms with E-state index in [0.29, 0.717) is 0 Å². The number of hydrogen-bond donors (Lipinski definition) is 0. The van der Waals surface area contributed by atoms with Crippen LogP contribution in [0, 0.1) is 0 Å². The lowest BCUT2D eigenvalue weighted by atomic mass is 10.1. The molecule has 2 heterocycles. The molecule has 0 aliphatic carbocycles. The van der Waals surface area contributed by atoms with E-state index in [2.05, 4.69) is 47.9 Å². The molecule has 0 unspecified atom stereocenters. The van der Waals surface area contributed by atoms with Crippen LogP contribution in [0.3, 0.4) is 0 Å². The fraction of sp³-hybridized carbons (Fsp3) is 0.615. The zero-order chi connectivity index (χ0) is 20.1. The second-order valence-corrected chi connectivity index (χ2v) is 7.71. The molecule has 0 saturated carbocycles. The highest BCUT2D eigenvalue weighted by Gasteiger charge is 2.00. The fourth-order valence-electron chi connectivity index (χ4n) is 3.32. The zero-order valence-electron chi connectivity index (χ0n) is 18.5. The molecule has 2 nitrogen and oxygen atoms in total. The summed E-state index contributed by atoms with van der Waals surface area (Å²) in [5, 5.41) is 0. The third-order valence-corrected chi connectivity index (χ3v) is 5.20. The van der Waals surface area contributed by atoms with Crippen LogP contribution in [0.1, 0.15) is 96.5 Å². The van der Waals surface area contributed by atoms with E-state index in [0.717, 1.165) is 6.42 Å². The van der Waals surface area contributed by atoms with Gasteiger partial charge in [0, 0.05) is 30.9 Å². The molecule has 0 amide bonds. The van der Waals surface area contributed by atoms with E-state index in [1.807, 2.05) is 18.2 Å². The van der Waals surface area contributed by atoms with Crippen LogP contribution in [-0.2, 0) is 13.0 Å². The maximum Gasteiger partial charge on any atom is 0.169 e. The van der Waals surface area contributed by atoms with Gasteiger partial charge in [-0.2, -0.15) is 0 Å². The summed E-state index contributed by atoms with van der Waals surface area (Å²) in [7, 11) is 0. The third kappa shape index (κ3) is 14.4. The summed E-state index contributed by atoms with van der Waals surface area (Å²) in [6.07, 6.45) is 26.2. The predicted molar refractivity (Wildman–Crippen MR) is 121 cm³/mol. The monoisotopic (exact) mass is 383 g/mol. The van der Waals surface area contributed by atoms with E-state index in [-0.39, 0.29) is 0 Å². The van der Waals surface area contributed by atoms with E-state index in [1.165, 1.54) is 89.2 Å². The van der Waals surface area contributed by atoms with E-state index in [9.17, 15) is 0 Å². The first-order valence-corrected chi connectivity index (χ1v) is 11.7. The van der Waals surface area contributed by atoms with Gasteiger partial charge in [0.2, 0.25) is 0 Å². The first kappa shape index (κ1) is 24.3. The summed E-state index contributed by atoms with van der Waals surface area (Å²) < 4.78 is 2.33. The minimum absolute atomic E-state index is 1.14. The SMILES string of the molecule is CCCCCCCCCCCCCC[n+]1ccc(CC)cc1.c1ccncc1. The van der Waals surface area contributed by atoms with Crippen LogP contribution in [0.15, 0.2) is 55.1 Å². The second-order valence-electron chi connectivity index (χ2n) is 7.71. The largest absolute Gasteiger partial charge is 0.265 e. The quantitative estimate of drug-likeness (QED) is 0.247. The molecule has 0 aliphatic rings. The number of unbranched alkanes of at least 4 members (excludes halogenated alkanes) is 11. The number of pyridine rings is 2. The van der Waals surface area contributed by atoms with Gasteiger partial charge in [-0.3, -0.25) is 4.98 Å². The van der Waals surface area contributed by atoms with E-state index in [1.54, 1.807) is 12.4 Å². The predicted octanol–water partition coefficient (Wildman–Crippen LogP) is 7.32. The lowest BCUT2D eigenvalue weighted by Crippen LogP contribution is -2.32. The van der Waals surface area contributed by atoms with Crippen molar-refractivity contribution < 1.29 is 4.57 Å². The minimum Gasteiger partial charge on any atom is -0.265 e. The molecule has 0 saturated heterocycles. The van der Waals surface area contributed by atoms with Crippen molar-refractivity contribution in [1.82, 2.24) is 4.98 Å². The first-order chi connectivity index (χ1) is 13.9. The maximum atomic E-state index is 3.78. The maximum absolute atomic E-state index is 3.78. The highest BCUT2D eigenvalue weighted by atomic mass is 14.9. The molecule has 0 spiro atoms. The molecule has 0 atom stereocenters. The zero-order valence-corrected chi connectivity index (χ0v) is 18.5. The normalized spacial score (nSPS) is 10.4. The van der Waals surface area contributed by atoms with Crippen LogP contribution in [-0.4, -0.2) is 4.98 Å². The van der Waals surface area contributed by atoms with Crippen LogP contribution in [0.25, 0.3) is 0 Å². The molecular formula is C26H43N2+. The highest BCUT2D eigenvalue weighted by molar-refractivity contribution is 5.06. The molecule has 2 rings (SSSR count). The summed E-state index contributed by atoms with van der Waals surface area (Å²) in [6.45, 7) is 5.69. The summed E-state index contributed by atoms with van der Waals surface area (Å²) >= 11 is 0. The molecule has 0 aliphatic heterocycles. The topological polar surface area (TPSA) is 16.8 Å². The Balaban J connectivity index is 0.000000552. The minimum atomic E-state index is 1.14. The Hall–Kier alpha value is -1.70. The summed E-state index contributed by atoms with van der Waals surface area (Å²) in [5.74, 6) is 0. The molecular weight excluding hydrogens is 340 g/mol. The molecule has 0 fully saturated rings. The smallest absolute Gasteiger partial charge is 0.169 e. The average Bonchev–Trinajstić information content (AvgIpc) is 2.76. The Morgan fingerprint density at radius 2 is 1.14 bits per heavy atom. The van der Waals surface area contributed by atoms with Crippen molar-refractivity contribution in [1.29, 1.82) is 0 Å². The lowest BCUT2D eigenvalue weighted by molar-refractivity contribution is -0.697. The summed E-state index contributed by atoms with van der Waals surface area (Å²) in [4.78, 5) is 3.78. The Kier molecular flexibility index (Phi) is 16.2. The lowest BCUT2D eigenvalue weighted by Gasteiger charge is -2.02. The number of aryl methyl sites for hydroxylation is 2. The van der Waals surface area contributed by atoms with Crippen molar-refractivity contribution in [3.63, 3.8) is 0 Å².